The van der Waals surface area contributed by atoms with E-state index in [-0.39, 0.29) is 58.1 Å². The molecule has 724 valence electrons. The molecule has 30 atom stereocenters. The van der Waals surface area contributed by atoms with Crippen molar-refractivity contribution < 1.29 is 131 Å². The van der Waals surface area contributed by atoms with Crippen LogP contribution in [0.3, 0.4) is 0 Å². The number of anilines is 3. The molecule has 9 fully saturated rings. The number of aliphatic hydroxyl groups is 1. The molecule has 16 N–H and O–H groups in total. The van der Waals surface area contributed by atoms with Crippen LogP contribution in [0.2, 0.25) is 0 Å². The van der Waals surface area contributed by atoms with Crippen molar-refractivity contribution in [2.45, 2.75) is 220 Å². The summed E-state index contributed by atoms with van der Waals surface area (Å²) >= 11 is 33.7. The first-order valence-electron chi connectivity index (χ1n) is 39.9. The highest BCUT2D eigenvalue weighted by molar-refractivity contribution is 8.08. The second kappa shape index (κ2) is 37.3. The predicted molar refractivity (Wildman–Crippen MR) is 472 cm³/mol. The van der Waals surface area contributed by atoms with Crippen LogP contribution in [0, 0.1) is 34.6 Å². The molecule has 132 heavy (non-hydrogen) atoms. The lowest BCUT2D eigenvalue weighted by Gasteiger charge is -2.38. The van der Waals surface area contributed by atoms with E-state index >= 15 is 0 Å². The van der Waals surface area contributed by atoms with Gasteiger partial charge in [-0.2, -0.15) is 9.97 Å². The number of rotatable bonds is 35. The fourth-order valence-electron chi connectivity index (χ4n) is 17.0. The Balaban J connectivity index is 0.645. The van der Waals surface area contributed by atoms with Crippen molar-refractivity contribution in [3.63, 3.8) is 0 Å². The highest BCUT2D eigenvalue weighted by Gasteiger charge is 2.72. The van der Waals surface area contributed by atoms with Crippen molar-refractivity contribution in [3.8, 4) is 0 Å². The van der Waals surface area contributed by atoms with Gasteiger partial charge >= 0.3 is 68.8 Å². The SMILES string of the molecule is COP(O)(=S)OC1C[C@H](n2cc(C)c(=O)[nH]c2=O)O[C@@H]1COP(O)(=S)OC1C[C@H](n2cc(C)c(=O)[nH]c2=O)O[C@@H]1COP(O)(=S)OC1C[C@H](n2cc(C)c(=O)[nH]c2=O)O[C@@H]1COP(O)(=S)OC1[C@@H]2O[C@@H](C)[C@]1(COP(O)(=S)OC1[C@@H]3O[C@@H](C)[C@]1(COP(O)(=S)OC1[C@@H]4O[C@@H](C)[C@]1(CO)O[C@H]4n1cc(C)c(N)nc1=O)O[C@H]3n1cc(C)c(N)nc1=O)O[C@H]2n1cnc2c(N)ncnc21. The molecule has 9 aliphatic rings. The smallest absolute Gasteiger partial charge is 0.351 e. The first kappa shape index (κ1) is 99.5. The first-order chi connectivity index (χ1) is 61.9. The molecule has 16 rings (SSSR count). The Bertz CT molecular complexity index is 6540. The van der Waals surface area contributed by atoms with Crippen LogP contribution in [-0.2, 0) is 168 Å². The maximum Gasteiger partial charge on any atom is 0.351 e. The third-order valence-electron chi connectivity index (χ3n) is 24.0. The summed E-state index contributed by atoms with van der Waals surface area (Å²) in [5.74, 6) is -0.230. The van der Waals surface area contributed by atoms with Gasteiger partial charge in [0, 0.05) is 85.2 Å². The minimum Gasteiger partial charge on any atom is -0.393 e. The highest BCUT2D eigenvalue weighted by atomic mass is 32.5. The summed E-state index contributed by atoms with van der Waals surface area (Å²) in [5, 5.41) is 11.0. The summed E-state index contributed by atoms with van der Waals surface area (Å²) in [7, 11) is 1.09. The Morgan fingerprint density at radius 2 is 0.758 bits per heavy atom. The number of nitrogen functional groups attached to an aromatic ring is 3. The molecule has 0 amide bonds. The molecule has 16 heterocycles. The maximum atomic E-state index is 13.8. The molecule has 65 heteroatoms. The standard InChI is InChI=1S/C67H89N17O36P6S6/c1-26-13-82(60(89)74-50(26)68)57-44-47(65(21-85,112-57)31(6)106-44)118-125(98,131)104-22-66-32(7)107-45(58(113-66)83-14-27(2)51(69)75-61(83)90)48(66)120-126(99,132)105-23-67-33(8)108-46(59(114-67)84-25-73-43-52(70)71-24-72-53(43)84)49(67)119-124(97,130)103-20-39-36(12-42(111-39)81-17-30(5)56(88)78-64(81)93)117-123(96,129)102-19-38-35(11-41(110-38)80-16-29(4)55(87)77-63(80)92)116-122(95,128)101-18-37-34(115-121(94,127)100-9)10-40(109-37)79-15-28(3)54(86)76-62(79)91/h13-17,24-25,31-42,44-49,57-59,85H,10-12,18-23H2,1-9H3,(H,94,127)(H,95,128)(H,96,129)(H,97,130)(H,98,131)(H,99,132)(H2,68,74,89)(H2,69,75,90)(H2,70,71,72)(H,76,86,91)(H,77,87,92)(H,78,88,93)/t31-,32-,33-,34?,35?,36?,37+,38+,39+,40+,41+,42+,44-,45-,46-,47?,48?,49?,57+,58+,59+,65-,66-,67-,121?,122?,123?,124?,125?,126?/m0/s1. The van der Waals surface area contributed by atoms with E-state index in [0.717, 1.165) is 36.3 Å². The molecule has 0 aliphatic carbocycles. The lowest BCUT2D eigenvalue weighted by molar-refractivity contribution is -0.219. The summed E-state index contributed by atoms with van der Waals surface area (Å²) in [5.41, 5.74) is 6.74. The first-order valence-corrected chi connectivity index (χ1v) is 55.4. The molecule has 0 radical (unpaired) electrons. The molecule has 9 aliphatic heterocycles. The molecule has 0 saturated carbocycles. The fourth-order valence-corrected chi connectivity index (χ4v) is 25.3. The Hall–Kier alpha value is -5.47. The van der Waals surface area contributed by atoms with Gasteiger partial charge in [0.15, 0.2) is 30.1 Å². The lowest BCUT2D eigenvalue weighted by atomic mass is 9.94. The van der Waals surface area contributed by atoms with E-state index in [1.54, 1.807) is 20.8 Å². The van der Waals surface area contributed by atoms with E-state index in [1.807, 2.05) is 0 Å². The topological polar surface area (TPSA) is 691 Å². The van der Waals surface area contributed by atoms with Gasteiger partial charge in [-0.25, -0.2) is 38.9 Å². The van der Waals surface area contributed by atoms with Gasteiger partial charge in [-0.05, 0) is 126 Å². The highest BCUT2D eigenvalue weighted by Crippen LogP contribution is 2.64. The number of hydrogen-bond acceptors (Lipinski definition) is 44. The number of nitrogens with one attached hydrogen (secondary N) is 3. The number of hydrogen-bond donors (Lipinski definition) is 13. The van der Waals surface area contributed by atoms with Crippen LogP contribution in [0.25, 0.3) is 11.2 Å². The van der Waals surface area contributed by atoms with E-state index in [1.165, 1.54) is 76.5 Å². The van der Waals surface area contributed by atoms with E-state index in [2.05, 4.69) is 39.9 Å². The van der Waals surface area contributed by atoms with Gasteiger partial charge < -0.3 is 135 Å². The number of imidazole rings is 1. The summed E-state index contributed by atoms with van der Waals surface area (Å²) < 4.78 is 137. The number of aryl methyl sites for hydroxylation is 5. The van der Waals surface area contributed by atoms with Gasteiger partial charge in [-0.1, -0.05) is 0 Å². The molecule has 9 saturated heterocycles. The monoisotopic (exact) mass is 2090 g/mol. The molecule has 53 nitrogen and oxygen atoms in total. The Morgan fingerprint density at radius 1 is 0.432 bits per heavy atom. The number of aromatic amines is 3. The van der Waals surface area contributed by atoms with Crippen molar-refractivity contribution in [3.05, 3.63) is 155 Å². The average molecular weight is 2090 g/mol. The quantitative estimate of drug-likeness (QED) is 0.0204. The van der Waals surface area contributed by atoms with Crippen molar-refractivity contribution in [1.82, 2.24) is 67.3 Å². The lowest BCUT2D eigenvalue weighted by Crippen LogP contribution is -2.52. The molecular weight excluding hydrogens is 2000 g/mol. The second-order valence-electron chi connectivity index (χ2n) is 32.3. The third-order valence-corrected chi connectivity index (χ3v) is 33.4. The zero-order valence-electron chi connectivity index (χ0n) is 70.3. The second-order valence-corrected chi connectivity index (χ2v) is 49.2. The van der Waals surface area contributed by atoms with Crippen molar-refractivity contribution in [2.24, 2.45) is 0 Å². The van der Waals surface area contributed by atoms with Crippen LogP contribution < -0.4 is 62.3 Å². The van der Waals surface area contributed by atoms with Gasteiger partial charge in [0.05, 0.1) is 82.6 Å². The molecule has 7 aromatic heterocycles. The van der Waals surface area contributed by atoms with Gasteiger partial charge in [0.1, 0.15) is 114 Å². The molecule has 0 spiro atoms. The molecule has 6 bridgehead atoms. The largest absolute Gasteiger partial charge is 0.393 e. The van der Waals surface area contributed by atoms with Crippen LogP contribution in [0.1, 0.15) is 105 Å². The third kappa shape index (κ3) is 19.5. The van der Waals surface area contributed by atoms with Crippen molar-refractivity contribution in [1.29, 1.82) is 0 Å². The van der Waals surface area contributed by atoms with Crippen LogP contribution in [0.15, 0.2) is 82.0 Å². The number of aromatic nitrogens is 14. The van der Waals surface area contributed by atoms with Crippen molar-refractivity contribution in [2.75, 3.05) is 64.0 Å². The van der Waals surface area contributed by atoms with Crippen LogP contribution in [0.4, 0.5) is 17.5 Å². The minimum atomic E-state index is -4.91. The summed E-state index contributed by atoms with van der Waals surface area (Å²) in [6.07, 6.45) is -21.0. The predicted octanol–water partition coefficient (Wildman–Crippen LogP) is -1.36. The van der Waals surface area contributed by atoms with Gasteiger partial charge in [0.25, 0.3) is 16.7 Å². The Morgan fingerprint density at radius 3 is 1.13 bits per heavy atom. The Labute approximate surface area is 773 Å². The normalized spacial score (nSPS) is 34.5. The van der Waals surface area contributed by atoms with Crippen molar-refractivity contribution >= 4 is 140 Å². The molecule has 7 aromatic rings. The molecular formula is C67H89N17O36P6S6. The zero-order valence-corrected chi connectivity index (χ0v) is 80.5. The van der Waals surface area contributed by atoms with Crippen LogP contribution in [0.5, 0.6) is 0 Å². The number of fused-ring (bicyclic) bond motifs is 7. The van der Waals surface area contributed by atoms with Crippen LogP contribution >= 0.6 is 40.3 Å². The number of H-pyrrole nitrogens is 3. The van der Waals surface area contributed by atoms with E-state index in [0.29, 0.717) is 11.1 Å². The molecule has 0 aromatic carbocycles. The summed E-state index contributed by atoms with van der Waals surface area (Å²) in [6.45, 7) is -20.7. The van der Waals surface area contributed by atoms with Crippen LogP contribution in [-0.4, -0.2) is 257 Å². The maximum absolute atomic E-state index is 13.8. The number of ether oxygens (including phenoxy) is 9. The Kier molecular flexibility index (Phi) is 28.1. The summed E-state index contributed by atoms with van der Waals surface area (Å²) in [4.78, 5) is 204. The number of nitrogens with two attached hydrogens (primary N) is 3. The van der Waals surface area contributed by atoms with Gasteiger partial charge in [-0.3, -0.25) is 70.3 Å². The zero-order chi connectivity index (χ0) is 95.3. The van der Waals surface area contributed by atoms with E-state index in [9.17, 15) is 72.8 Å². The average Bonchev–Trinajstić information content (AvgIpc) is 1.55. The molecule has 12 unspecified atom stereocenters. The van der Waals surface area contributed by atoms with Gasteiger partial charge in [0.2, 0.25) is 0 Å². The number of nitrogens with zero attached hydrogens (tertiary/aromatic N) is 11. The van der Waals surface area contributed by atoms with E-state index in [4.69, 9.17) is 185 Å². The van der Waals surface area contributed by atoms with Gasteiger partial charge in [-0.15, -0.1) is 0 Å². The fraction of sp³-hybridized carbons (Fsp3) is 0.627. The minimum absolute atomic E-state index is 0.0369. The summed E-state index contributed by atoms with van der Waals surface area (Å²) in [6, 6.07) is 0. The van der Waals surface area contributed by atoms with E-state index < -0.39 is 277 Å². The number of aliphatic hydroxyl groups excluding tert-OH is 1.